The number of amides is 1. The first kappa shape index (κ1) is 14.4. The van der Waals surface area contributed by atoms with Crippen LogP contribution in [0.2, 0.25) is 0 Å². The fourth-order valence-corrected chi connectivity index (χ4v) is 2.30. The topological polar surface area (TPSA) is 80.0 Å². The van der Waals surface area contributed by atoms with E-state index in [0.29, 0.717) is 0 Å². The SMILES string of the molecule is Cc1csc(CNC(=O)c2cc(F)c(NN)c(F)c2)n1. The zero-order valence-electron chi connectivity index (χ0n) is 10.5. The Bertz CT molecular complexity index is 621. The van der Waals surface area contributed by atoms with Gasteiger partial charge in [0.25, 0.3) is 5.91 Å². The lowest BCUT2D eigenvalue weighted by Gasteiger charge is -2.07. The minimum Gasteiger partial charge on any atom is -0.346 e. The second kappa shape index (κ2) is 5.93. The van der Waals surface area contributed by atoms with Crippen LogP contribution in [0.1, 0.15) is 21.1 Å². The Morgan fingerprint density at radius 2 is 2.05 bits per heavy atom. The van der Waals surface area contributed by atoms with Gasteiger partial charge in [-0.05, 0) is 19.1 Å². The van der Waals surface area contributed by atoms with Crippen molar-refractivity contribution in [1.29, 1.82) is 0 Å². The molecule has 4 N–H and O–H groups in total. The van der Waals surface area contributed by atoms with Gasteiger partial charge >= 0.3 is 0 Å². The molecule has 0 saturated heterocycles. The van der Waals surface area contributed by atoms with Gasteiger partial charge in [-0.3, -0.25) is 10.6 Å². The average molecular weight is 298 g/mol. The van der Waals surface area contributed by atoms with Crippen LogP contribution in [-0.2, 0) is 6.54 Å². The largest absolute Gasteiger partial charge is 0.346 e. The summed E-state index contributed by atoms with van der Waals surface area (Å²) >= 11 is 1.40. The summed E-state index contributed by atoms with van der Waals surface area (Å²) in [4.78, 5) is 16.0. The number of carbonyl (C=O) groups is 1. The van der Waals surface area contributed by atoms with E-state index in [9.17, 15) is 13.6 Å². The summed E-state index contributed by atoms with van der Waals surface area (Å²) in [5.74, 6) is 2.54. The predicted octanol–water partition coefficient (Wildman–Crippen LogP) is 1.95. The van der Waals surface area contributed by atoms with E-state index < -0.39 is 23.2 Å². The summed E-state index contributed by atoms with van der Waals surface area (Å²) in [5.41, 5.74) is 2.16. The van der Waals surface area contributed by atoms with Gasteiger partial charge in [0.15, 0.2) is 11.6 Å². The number of thiazole rings is 1. The number of nitrogens with zero attached hydrogens (tertiary/aromatic N) is 1. The standard InChI is InChI=1S/C12H12F2N4OS/c1-6-5-20-10(17-6)4-16-12(19)7-2-8(13)11(18-15)9(14)3-7/h2-3,5,18H,4,15H2,1H3,(H,16,19). The van der Waals surface area contributed by atoms with Gasteiger partial charge in [0, 0.05) is 16.6 Å². The average Bonchev–Trinajstić information content (AvgIpc) is 2.81. The zero-order chi connectivity index (χ0) is 14.7. The molecule has 1 heterocycles. The summed E-state index contributed by atoms with van der Waals surface area (Å²) < 4.78 is 26.9. The normalized spacial score (nSPS) is 10.4. The third kappa shape index (κ3) is 3.09. The molecule has 0 unspecified atom stereocenters. The highest BCUT2D eigenvalue weighted by molar-refractivity contribution is 7.09. The molecule has 20 heavy (non-hydrogen) atoms. The van der Waals surface area contributed by atoms with Gasteiger partial charge in [-0.25, -0.2) is 13.8 Å². The monoisotopic (exact) mass is 298 g/mol. The first-order chi connectivity index (χ1) is 9.51. The number of hydrogen-bond acceptors (Lipinski definition) is 5. The Labute approximate surface area is 117 Å². The number of carbonyl (C=O) groups excluding carboxylic acids is 1. The number of nitrogens with two attached hydrogens (primary N) is 1. The fraction of sp³-hybridized carbons (Fsp3) is 0.167. The maximum atomic E-state index is 13.5. The number of halogens is 2. The van der Waals surface area contributed by atoms with Crippen molar-refractivity contribution < 1.29 is 13.6 Å². The van der Waals surface area contributed by atoms with E-state index in [4.69, 9.17) is 5.84 Å². The molecule has 0 bridgehead atoms. The van der Waals surface area contributed by atoms with E-state index in [1.54, 1.807) is 0 Å². The molecule has 0 saturated carbocycles. The van der Waals surface area contributed by atoms with Crippen LogP contribution < -0.4 is 16.6 Å². The maximum absolute atomic E-state index is 13.5. The first-order valence-corrected chi connectivity index (χ1v) is 6.54. The van der Waals surface area contributed by atoms with E-state index in [2.05, 4.69) is 10.3 Å². The number of benzene rings is 1. The number of anilines is 1. The van der Waals surface area contributed by atoms with Crippen LogP contribution in [0, 0.1) is 18.6 Å². The Kier molecular flexibility index (Phi) is 4.26. The number of hydrazine groups is 1. The molecule has 0 fully saturated rings. The highest BCUT2D eigenvalue weighted by Crippen LogP contribution is 2.19. The lowest BCUT2D eigenvalue weighted by molar-refractivity contribution is 0.0950. The minimum atomic E-state index is -0.928. The lowest BCUT2D eigenvalue weighted by Crippen LogP contribution is -2.23. The molecule has 0 atom stereocenters. The van der Waals surface area contributed by atoms with Crippen LogP contribution >= 0.6 is 11.3 Å². The van der Waals surface area contributed by atoms with Crippen molar-refractivity contribution in [3.8, 4) is 0 Å². The smallest absolute Gasteiger partial charge is 0.251 e. The lowest BCUT2D eigenvalue weighted by atomic mass is 10.1. The van der Waals surface area contributed by atoms with Crippen LogP contribution in [0.5, 0.6) is 0 Å². The van der Waals surface area contributed by atoms with Crippen LogP contribution in [0.3, 0.4) is 0 Å². The van der Waals surface area contributed by atoms with E-state index in [0.717, 1.165) is 22.8 Å². The molecular formula is C12H12F2N4OS. The second-order valence-corrected chi connectivity index (χ2v) is 4.97. The summed E-state index contributed by atoms with van der Waals surface area (Å²) in [6.45, 7) is 2.04. The Balaban J connectivity index is 2.09. The maximum Gasteiger partial charge on any atom is 0.251 e. The molecule has 0 aliphatic carbocycles. The van der Waals surface area contributed by atoms with E-state index in [1.165, 1.54) is 11.3 Å². The molecule has 5 nitrogen and oxygen atoms in total. The van der Waals surface area contributed by atoms with E-state index in [1.807, 2.05) is 17.7 Å². The van der Waals surface area contributed by atoms with Gasteiger partial charge in [0.05, 0.1) is 6.54 Å². The number of nitrogen functional groups attached to an aromatic ring is 1. The Morgan fingerprint density at radius 1 is 1.40 bits per heavy atom. The summed E-state index contributed by atoms with van der Waals surface area (Å²) in [7, 11) is 0. The predicted molar refractivity (Wildman–Crippen MR) is 72.2 cm³/mol. The van der Waals surface area contributed by atoms with Gasteiger partial charge in [-0.15, -0.1) is 11.3 Å². The van der Waals surface area contributed by atoms with Crippen molar-refractivity contribution in [1.82, 2.24) is 10.3 Å². The quantitative estimate of drug-likeness (QED) is 0.595. The fourth-order valence-electron chi connectivity index (χ4n) is 1.58. The molecule has 2 aromatic rings. The van der Waals surface area contributed by atoms with E-state index in [-0.39, 0.29) is 12.1 Å². The molecule has 0 radical (unpaired) electrons. The Morgan fingerprint density at radius 3 is 2.55 bits per heavy atom. The molecule has 1 aromatic carbocycles. The molecule has 2 rings (SSSR count). The number of aryl methyl sites for hydroxylation is 1. The van der Waals surface area contributed by atoms with Crippen LogP contribution in [0.15, 0.2) is 17.5 Å². The first-order valence-electron chi connectivity index (χ1n) is 5.66. The highest BCUT2D eigenvalue weighted by atomic mass is 32.1. The molecule has 1 aromatic heterocycles. The molecule has 0 spiro atoms. The van der Waals surface area contributed by atoms with Gasteiger partial charge in [0.2, 0.25) is 0 Å². The summed E-state index contributed by atoms with van der Waals surface area (Å²) in [6, 6.07) is 1.83. The van der Waals surface area contributed by atoms with Crippen molar-refractivity contribution in [3.05, 3.63) is 45.4 Å². The van der Waals surface area contributed by atoms with Crippen LogP contribution in [-0.4, -0.2) is 10.9 Å². The molecule has 8 heteroatoms. The van der Waals surface area contributed by atoms with Gasteiger partial charge in [0.1, 0.15) is 10.7 Å². The Hall–Kier alpha value is -2.06. The molecule has 0 aliphatic rings. The second-order valence-electron chi connectivity index (χ2n) is 4.02. The summed E-state index contributed by atoms with van der Waals surface area (Å²) in [5, 5.41) is 5.11. The zero-order valence-corrected chi connectivity index (χ0v) is 11.4. The molecular weight excluding hydrogens is 286 g/mol. The number of rotatable bonds is 4. The number of aromatic nitrogens is 1. The molecule has 1 amide bonds. The van der Waals surface area contributed by atoms with Crippen molar-refractivity contribution >= 4 is 22.9 Å². The van der Waals surface area contributed by atoms with Crippen molar-refractivity contribution in [2.75, 3.05) is 5.43 Å². The number of nitrogens with one attached hydrogen (secondary N) is 2. The van der Waals surface area contributed by atoms with Crippen LogP contribution in [0.25, 0.3) is 0 Å². The number of hydrogen-bond donors (Lipinski definition) is 3. The van der Waals surface area contributed by atoms with Gasteiger partial charge < -0.3 is 10.7 Å². The van der Waals surface area contributed by atoms with Crippen molar-refractivity contribution in [3.63, 3.8) is 0 Å². The van der Waals surface area contributed by atoms with Crippen molar-refractivity contribution in [2.24, 2.45) is 5.84 Å². The van der Waals surface area contributed by atoms with Gasteiger partial charge in [-0.2, -0.15) is 0 Å². The van der Waals surface area contributed by atoms with E-state index >= 15 is 0 Å². The summed E-state index contributed by atoms with van der Waals surface area (Å²) in [6.07, 6.45) is 0. The molecule has 0 aliphatic heterocycles. The molecule has 106 valence electrons. The van der Waals surface area contributed by atoms with Crippen LogP contribution in [0.4, 0.5) is 14.5 Å². The third-order valence-electron chi connectivity index (χ3n) is 2.52. The van der Waals surface area contributed by atoms with Crippen molar-refractivity contribution in [2.45, 2.75) is 13.5 Å². The third-order valence-corrected chi connectivity index (χ3v) is 3.48. The highest BCUT2D eigenvalue weighted by Gasteiger charge is 2.14. The minimum absolute atomic E-state index is 0.118. The van der Waals surface area contributed by atoms with Gasteiger partial charge in [-0.1, -0.05) is 0 Å².